The predicted molar refractivity (Wildman–Crippen MR) is 150 cm³/mol. The molecule has 1 saturated carbocycles. The van der Waals surface area contributed by atoms with E-state index in [0.29, 0.717) is 48.6 Å². The third kappa shape index (κ3) is 7.45. The first-order valence-corrected chi connectivity index (χ1v) is 14.9. The summed E-state index contributed by atoms with van der Waals surface area (Å²) < 4.78 is 42.6. The van der Waals surface area contributed by atoms with Gasteiger partial charge in [0.2, 0.25) is 0 Å². The number of nitrogens with one attached hydrogen (secondary N) is 1. The quantitative estimate of drug-likeness (QED) is 0.308. The van der Waals surface area contributed by atoms with Gasteiger partial charge < -0.3 is 15.2 Å². The number of anilines is 2. The number of hydrogen-bond acceptors (Lipinski definition) is 8. The van der Waals surface area contributed by atoms with Crippen LogP contribution in [0.2, 0.25) is 0 Å². The number of pyridine rings is 3. The summed E-state index contributed by atoms with van der Waals surface area (Å²) in [5.41, 5.74) is 1.51. The normalized spacial score (nSPS) is 19.6. The van der Waals surface area contributed by atoms with Gasteiger partial charge in [0.1, 0.15) is 23.8 Å². The third-order valence-corrected chi connectivity index (χ3v) is 8.05. The monoisotopic (exact) mass is 572 g/mol. The van der Waals surface area contributed by atoms with Crippen LogP contribution < -0.4 is 5.32 Å². The number of carbonyl (C=O) groups excluding carboxylic acids is 1. The van der Waals surface area contributed by atoms with E-state index in [9.17, 15) is 22.9 Å². The fourth-order valence-corrected chi connectivity index (χ4v) is 5.30. The minimum atomic E-state index is -2.59. The third-order valence-electron chi connectivity index (χ3n) is 7.31. The molecule has 0 radical (unpaired) electrons. The molecule has 0 aromatic carbocycles. The molecule has 214 valence electrons. The Balaban J connectivity index is 1.41. The number of hydrogen-bond donors (Lipinski definition) is 2. The van der Waals surface area contributed by atoms with Crippen molar-refractivity contribution in [2.75, 3.05) is 23.9 Å². The number of aliphatic hydroxyl groups is 1. The molecule has 0 amide bonds. The van der Waals surface area contributed by atoms with Crippen molar-refractivity contribution in [3.63, 3.8) is 0 Å². The zero-order valence-electron chi connectivity index (χ0n) is 22.8. The SMILES string of the molecule is Cc1cc(Nc2cc(C(F)F)ccn2)nc(-c2ccc([C@](C)(O)C3CCC(C(=O)OCC[S@@](C)=O)CC3)nc2)c1. The summed E-state index contributed by atoms with van der Waals surface area (Å²) in [6, 6.07) is 9.88. The molecule has 8 nitrogen and oxygen atoms in total. The van der Waals surface area contributed by atoms with Crippen molar-refractivity contribution in [3.05, 3.63) is 65.6 Å². The van der Waals surface area contributed by atoms with Crippen molar-refractivity contribution in [2.24, 2.45) is 11.8 Å². The molecule has 11 heteroatoms. The molecular formula is C29H34F2N4O4S. The highest BCUT2D eigenvalue weighted by Gasteiger charge is 2.39. The van der Waals surface area contributed by atoms with Crippen LogP contribution >= 0.6 is 0 Å². The molecule has 40 heavy (non-hydrogen) atoms. The Kier molecular flexibility index (Phi) is 9.57. The number of ether oxygens (including phenoxy) is 1. The summed E-state index contributed by atoms with van der Waals surface area (Å²) in [5.74, 6) is 0.524. The Bertz CT molecular complexity index is 1350. The highest BCUT2D eigenvalue weighted by atomic mass is 32.2. The lowest BCUT2D eigenvalue weighted by atomic mass is 9.73. The fraction of sp³-hybridized carbons (Fsp3) is 0.448. The van der Waals surface area contributed by atoms with E-state index in [1.165, 1.54) is 18.3 Å². The number of halogens is 2. The number of alkyl halides is 2. The average molecular weight is 573 g/mol. The standard InChI is InChI=1S/C29H34F2N4O4S/c1-18-14-23(34-26(15-18)35-25-16-20(27(30)31)10-11-32-25)21-6-9-24(33-17-21)29(2,37)22-7-4-19(5-8-22)28(36)39-12-13-40(3)38/h6,9-11,14-17,19,22,27,37H,4-5,7-8,12-13H2,1-3H3,(H,32,34,35)/t19?,22?,29-,40-/m1/s1. The molecule has 2 N–H and O–H groups in total. The van der Waals surface area contributed by atoms with Crippen molar-refractivity contribution in [2.45, 2.75) is 51.6 Å². The number of aryl methyl sites for hydroxylation is 1. The van der Waals surface area contributed by atoms with Crippen molar-refractivity contribution < 1.29 is 27.6 Å². The molecular weight excluding hydrogens is 538 g/mol. The van der Waals surface area contributed by atoms with E-state index in [4.69, 9.17) is 4.74 Å². The van der Waals surface area contributed by atoms with Crippen LogP contribution in [0, 0.1) is 18.8 Å². The van der Waals surface area contributed by atoms with Crippen LogP contribution in [0.25, 0.3) is 11.3 Å². The van der Waals surface area contributed by atoms with E-state index in [1.54, 1.807) is 31.5 Å². The Morgan fingerprint density at radius 1 is 1.15 bits per heavy atom. The summed E-state index contributed by atoms with van der Waals surface area (Å²) in [5, 5.41) is 14.4. The average Bonchev–Trinajstić information content (AvgIpc) is 2.92. The van der Waals surface area contributed by atoms with Crippen LogP contribution in [0.1, 0.15) is 55.9 Å². The molecule has 0 aliphatic heterocycles. The largest absolute Gasteiger partial charge is 0.464 e. The summed E-state index contributed by atoms with van der Waals surface area (Å²) in [6.45, 7) is 3.82. The van der Waals surface area contributed by atoms with Gasteiger partial charge in [-0.15, -0.1) is 0 Å². The van der Waals surface area contributed by atoms with E-state index < -0.39 is 22.8 Å². The maximum Gasteiger partial charge on any atom is 0.308 e. The van der Waals surface area contributed by atoms with Gasteiger partial charge in [-0.25, -0.2) is 18.7 Å². The highest BCUT2D eigenvalue weighted by molar-refractivity contribution is 7.84. The van der Waals surface area contributed by atoms with Crippen LogP contribution in [0.4, 0.5) is 20.4 Å². The minimum Gasteiger partial charge on any atom is -0.464 e. The Morgan fingerprint density at radius 3 is 2.55 bits per heavy atom. The zero-order chi connectivity index (χ0) is 28.9. The summed E-state index contributed by atoms with van der Waals surface area (Å²) in [6.07, 6.45) is 4.51. The van der Waals surface area contributed by atoms with Gasteiger partial charge in [-0.1, -0.05) is 0 Å². The van der Waals surface area contributed by atoms with Crippen LogP contribution in [-0.2, 0) is 25.9 Å². The molecule has 1 aliphatic carbocycles. The number of carbonyl (C=O) groups is 1. The second kappa shape index (κ2) is 12.9. The van der Waals surface area contributed by atoms with E-state index in [0.717, 1.165) is 11.1 Å². The van der Waals surface area contributed by atoms with Gasteiger partial charge in [-0.2, -0.15) is 0 Å². The molecule has 3 aromatic rings. The summed E-state index contributed by atoms with van der Waals surface area (Å²) in [7, 11) is -1.00. The minimum absolute atomic E-state index is 0.0672. The van der Waals surface area contributed by atoms with Crippen molar-refractivity contribution >= 4 is 28.4 Å². The number of rotatable bonds is 10. The highest BCUT2D eigenvalue weighted by Crippen LogP contribution is 2.41. The topological polar surface area (TPSA) is 114 Å². The Hall–Kier alpha value is -3.31. The molecule has 0 bridgehead atoms. The van der Waals surface area contributed by atoms with Crippen LogP contribution in [0.15, 0.2) is 48.8 Å². The lowest BCUT2D eigenvalue weighted by molar-refractivity contribution is -0.150. The first-order valence-electron chi connectivity index (χ1n) is 13.2. The molecule has 1 aliphatic rings. The first-order chi connectivity index (χ1) is 19.0. The number of nitrogens with zero attached hydrogens (tertiary/aromatic N) is 3. The zero-order valence-corrected chi connectivity index (χ0v) is 23.6. The smallest absolute Gasteiger partial charge is 0.308 e. The maximum absolute atomic E-state index is 13.1. The van der Waals surface area contributed by atoms with Gasteiger partial charge in [-0.05, 0) is 87.4 Å². The van der Waals surface area contributed by atoms with Gasteiger partial charge in [0, 0.05) is 40.6 Å². The van der Waals surface area contributed by atoms with E-state index in [-0.39, 0.29) is 35.8 Å². The predicted octanol–water partition coefficient (Wildman–Crippen LogP) is 5.46. The molecule has 3 aromatic heterocycles. The molecule has 0 unspecified atom stereocenters. The molecule has 2 atom stereocenters. The van der Waals surface area contributed by atoms with Gasteiger partial charge in [0.05, 0.1) is 23.1 Å². The lowest BCUT2D eigenvalue weighted by Gasteiger charge is -2.37. The molecule has 1 fully saturated rings. The van der Waals surface area contributed by atoms with Crippen molar-refractivity contribution in [3.8, 4) is 11.3 Å². The van der Waals surface area contributed by atoms with E-state index in [2.05, 4.69) is 20.3 Å². The van der Waals surface area contributed by atoms with Crippen molar-refractivity contribution in [1.29, 1.82) is 0 Å². The van der Waals surface area contributed by atoms with Crippen LogP contribution in [0.3, 0.4) is 0 Å². The molecule has 4 rings (SSSR count). The molecule has 0 saturated heterocycles. The fourth-order valence-electron chi connectivity index (χ4n) is 4.98. The van der Waals surface area contributed by atoms with Gasteiger partial charge >= 0.3 is 5.97 Å². The van der Waals surface area contributed by atoms with E-state index in [1.807, 2.05) is 19.1 Å². The number of aromatic nitrogens is 3. The van der Waals surface area contributed by atoms with Gasteiger partial charge in [0.25, 0.3) is 6.43 Å². The molecule has 3 heterocycles. The van der Waals surface area contributed by atoms with Crippen LogP contribution in [0.5, 0.6) is 0 Å². The summed E-state index contributed by atoms with van der Waals surface area (Å²) in [4.78, 5) is 25.6. The van der Waals surface area contributed by atoms with Crippen molar-refractivity contribution in [1.82, 2.24) is 15.0 Å². The lowest BCUT2D eigenvalue weighted by Crippen LogP contribution is -2.37. The Labute approximate surface area is 235 Å². The Morgan fingerprint density at radius 2 is 1.90 bits per heavy atom. The maximum atomic E-state index is 13.1. The summed E-state index contributed by atoms with van der Waals surface area (Å²) >= 11 is 0. The second-order valence-corrected chi connectivity index (χ2v) is 11.9. The van der Waals surface area contributed by atoms with Crippen LogP contribution in [-0.4, -0.2) is 48.9 Å². The van der Waals surface area contributed by atoms with E-state index >= 15 is 0 Å². The molecule has 0 spiro atoms. The second-order valence-electron chi connectivity index (χ2n) is 10.4. The number of esters is 1. The van der Waals surface area contributed by atoms with Gasteiger partial charge in [0.15, 0.2) is 0 Å². The first kappa shape index (κ1) is 29.7. The van der Waals surface area contributed by atoms with Gasteiger partial charge in [-0.3, -0.25) is 14.0 Å².